The Kier molecular flexibility index (Phi) is 4.84. The average molecular weight is 323 g/mol. The smallest absolute Gasteiger partial charge is 0.142 e. The number of nitrogens with zero attached hydrogens (tertiary/aromatic N) is 2. The van der Waals surface area contributed by atoms with Gasteiger partial charge in [-0.15, -0.1) is 0 Å². The van der Waals surface area contributed by atoms with Crippen molar-refractivity contribution in [3.05, 3.63) is 21.2 Å². The minimum absolute atomic E-state index is 0.934. The lowest BCUT2D eigenvalue weighted by Gasteiger charge is -2.19. The van der Waals surface area contributed by atoms with Gasteiger partial charge in [-0.05, 0) is 45.0 Å². The maximum Gasteiger partial charge on any atom is 0.142 e. The summed E-state index contributed by atoms with van der Waals surface area (Å²) in [7, 11) is 3.97. The Labute approximate surface area is 101 Å². The molecule has 0 bridgehead atoms. The number of pyridine rings is 1. The molecule has 0 unspecified atom stereocenters. The highest BCUT2D eigenvalue weighted by atomic mass is 79.9. The zero-order valence-electron chi connectivity index (χ0n) is 8.22. The monoisotopic (exact) mass is 321 g/mol. The van der Waals surface area contributed by atoms with Gasteiger partial charge >= 0.3 is 0 Å². The molecule has 0 aliphatic heterocycles. The van der Waals surface area contributed by atoms with Crippen LogP contribution in [0.15, 0.2) is 21.2 Å². The first-order valence-electron chi connectivity index (χ1n) is 4.32. The maximum absolute atomic E-state index is 4.34. The average Bonchev–Trinajstić information content (AvgIpc) is 2.14. The maximum atomic E-state index is 4.34. The highest BCUT2D eigenvalue weighted by molar-refractivity contribution is 9.11. The van der Waals surface area contributed by atoms with E-state index in [1.807, 2.05) is 20.2 Å². The van der Waals surface area contributed by atoms with Gasteiger partial charge in [0.05, 0.1) is 4.47 Å². The molecule has 78 valence electrons. The first kappa shape index (κ1) is 11.9. The summed E-state index contributed by atoms with van der Waals surface area (Å²) in [6.07, 6.45) is 1.80. The minimum Gasteiger partial charge on any atom is -0.357 e. The quantitative estimate of drug-likeness (QED) is 0.921. The van der Waals surface area contributed by atoms with Crippen molar-refractivity contribution in [1.82, 2.24) is 10.3 Å². The van der Waals surface area contributed by atoms with E-state index in [4.69, 9.17) is 0 Å². The van der Waals surface area contributed by atoms with Crippen molar-refractivity contribution in [1.29, 1.82) is 0 Å². The number of nitrogens with one attached hydrogen (secondary N) is 1. The van der Waals surface area contributed by atoms with E-state index in [0.29, 0.717) is 0 Å². The van der Waals surface area contributed by atoms with Gasteiger partial charge in [-0.25, -0.2) is 4.98 Å². The van der Waals surface area contributed by atoms with E-state index in [1.54, 1.807) is 6.20 Å². The molecule has 0 fully saturated rings. The summed E-state index contributed by atoms with van der Waals surface area (Å²) >= 11 is 6.86. The van der Waals surface area contributed by atoms with Gasteiger partial charge in [0.25, 0.3) is 0 Å². The first-order valence-corrected chi connectivity index (χ1v) is 5.90. The molecule has 1 aromatic heterocycles. The molecule has 0 saturated carbocycles. The lowest BCUT2D eigenvalue weighted by molar-refractivity contribution is 0.760. The SMILES string of the molecule is CNCCN(C)c1ncc(Br)cc1Br. The number of rotatable bonds is 4. The molecule has 3 nitrogen and oxygen atoms in total. The largest absolute Gasteiger partial charge is 0.357 e. The molecule has 1 heterocycles. The van der Waals surface area contributed by atoms with Gasteiger partial charge in [0.15, 0.2) is 0 Å². The fourth-order valence-electron chi connectivity index (χ4n) is 1.07. The zero-order valence-corrected chi connectivity index (χ0v) is 11.4. The predicted octanol–water partition coefficient (Wildman–Crippen LogP) is 2.26. The van der Waals surface area contributed by atoms with Crippen molar-refractivity contribution >= 4 is 37.7 Å². The number of aromatic nitrogens is 1. The lowest BCUT2D eigenvalue weighted by Crippen LogP contribution is -2.27. The molecular formula is C9H13Br2N3. The molecular weight excluding hydrogens is 310 g/mol. The van der Waals surface area contributed by atoms with Crippen molar-refractivity contribution in [3.63, 3.8) is 0 Å². The second-order valence-corrected chi connectivity index (χ2v) is 4.75. The molecule has 1 rings (SSSR count). The Morgan fingerprint density at radius 3 is 2.79 bits per heavy atom. The summed E-state index contributed by atoms with van der Waals surface area (Å²) in [6.45, 7) is 1.88. The van der Waals surface area contributed by atoms with Gasteiger partial charge in [-0.3, -0.25) is 0 Å². The molecule has 1 N–H and O–H groups in total. The van der Waals surface area contributed by atoms with Gasteiger partial charge in [0.1, 0.15) is 5.82 Å². The van der Waals surface area contributed by atoms with Crippen LogP contribution in [-0.4, -0.2) is 32.2 Å². The molecule has 1 aromatic rings. The number of hydrogen-bond donors (Lipinski definition) is 1. The van der Waals surface area contributed by atoms with Gasteiger partial charge in [0, 0.05) is 30.8 Å². The fourth-order valence-corrected chi connectivity index (χ4v) is 2.36. The van der Waals surface area contributed by atoms with Crippen LogP contribution < -0.4 is 10.2 Å². The Morgan fingerprint density at radius 1 is 1.50 bits per heavy atom. The molecule has 5 heteroatoms. The Bertz CT molecular complexity index is 304. The van der Waals surface area contributed by atoms with Crippen LogP contribution in [0.2, 0.25) is 0 Å². The fraction of sp³-hybridized carbons (Fsp3) is 0.444. The van der Waals surface area contributed by atoms with Crippen LogP contribution in [-0.2, 0) is 0 Å². The van der Waals surface area contributed by atoms with Crippen LogP contribution in [0.1, 0.15) is 0 Å². The van der Waals surface area contributed by atoms with Crippen molar-refractivity contribution in [2.45, 2.75) is 0 Å². The first-order chi connectivity index (χ1) is 6.65. The van der Waals surface area contributed by atoms with Crippen LogP contribution >= 0.6 is 31.9 Å². The lowest BCUT2D eigenvalue weighted by atomic mass is 10.4. The summed E-state index contributed by atoms with van der Waals surface area (Å²) in [5.41, 5.74) is 0. The topological polar surface area (TPSA) is 28.2 Å². The molecule has 0 aliphatic rings. The summed E-state index contributed by atoms with van der Waals surface area (Å²) in [5, 5.41) is 3.11. The van der Waals surface area contributed by atoms with E-state index in [0.717, 1.165) is 27.9 Å². The summed E-state index contributed by atoms with van der Waals surface area (Å²) in [4.78, 5) is 6.44. The molecule has 14 heavy (non-hydrogen) atoms. The van der Waals surface area contributed by atoms with E-state index in [2.05, 4.69) is 47.1 Å². The van der Waals surface area contributed by atoms with E-state index in [-0.39, 0.29) is 0 Å². The molecule has 0 aliphatic carbocycles. The van der Waals surface area contributed by atoms with E-state index in [9.17, 15) is 0 Å². The third kappa shape index (κ3) is 3.22. The van der Waals surface area contributed by atoms with Crippen LogP contribution in [0, 0.1) is 0 Å². The van der Waals surface area contributed by atoms with Crippen LogP contribution in [0.5, 0.6) is 0 Å². The molecule has 0 spiro atoms. The van der Waals surface area contributed by atoms with Crippen molar-refractivity contribution in [2.75, 3.05) is 32.1 Å². The summed E-state index contributed by atoms with van der Waals surface area (Å²) in [5.74, 6) is 0.962. The molecule has 0 aromatic carbocycles. The Morgan fingerprint density at radius 2 is 2.21 bits per heavy atom. The third-order valence-corrected chi connectivity index (χ3v) is 2.86. The van der Waals surface area contributed by atoms with Gasteiger partial charge in [-0.2, -0.15) is 0 Å². The van der Waals surface area contributed by atoms with Crippen molar-refractivity contribution in [2.24, 2.45) is 0 Å². The molecule has 0 radical (unpaired) electrons. The van der Waals surface area contributed by atoms with Gasteiger partial charge in [-0.1, -0.05) is 0 Å². The Balaban J connectivity index is 2.74. The van der Waals surface area contributed by atoms with E-state index >= 15 is 0 Å². The zero-order chi connectivity index (χ0) is 10.6. The third-order valence-electron chi connectivity index (χ3n) is 1.85. The minimum atomic E-state index is 0.934. The molecule has 0 atom stereocenters. The van der Waals surface area contributed by atoms with Crippen LogP contribution in [0.25, 0.3) is 0 Å². The molecule has 0 saturated heterocycles. The summed E-state index contributed by atoms with van der Waals surface area (Å²) in [6, 6.07) is 2.00. The van der Waals surface area contributed by atoms with Crippen LogP contribution in [0.4, 0.5) is 5.82 Å². The van der Waals surface area contributed by atoms with Gasteiger partial charge < -0.3 is 10.2 Å². The number of hydrogen-bond acceptors (Lipinski definition) is 3. The normalized spacial score (nSPS) is 10.3. The predicted molar refractivity (Wildman–Crippen MR) is 66.8 cm³/mol. The second kappa shape index (κ2) is 5.68. The highest BCUT2D eigenvalue weighted by Gasteiger charge is 2.06. The second-order valence-electron chi connectivity index (χ2n) is 2.98. The number of halogens is 2. The van der Waals surface area contributed by atoms with E-state index in [1.165, 1.54) is 0 Å². The number of anilines is 1. The van der Waals surface area contributed by atoms with Crippen LogP contribution in [0.3, 0.4) is 0 Å². The highest BCUT2D eigenvalue weighted by Crippen LogP contribution is 2.25. The standard InChI is InChI=1S/C9H13Br2N3/c1-12-3-4-14(2)9-8(11)5-7(10)6-13-9/h5-6,12H,3-4H2,1-2H3. The van der Waals surface area contributed by atoms with Crippen molar-refractivity contribution < 1.29 is 0 Å². The molecule has 0 amide bonds. The summed E-state index contributed by atoms with van der Waals surface area (Å²) < 4.78 is 1.99. The number of likely N-dealkylation sites (N-methyl/N-ethyl adjacent to an activating group) is 2. The van der Waals surface area contributed by atoms with Gasteiger partial charge in [0.2, 0.25) is 0 Å². The van der Waals surface area contributed by atoms with Crippen molar-refractivity contribution in [3.8, 4) is 0 Å². The Hall–Kier alpha value is -0.130. The van der Waals surface area contributed by atoms with E-state index < -0.39 is 0 Å².